The fraction of sp³-hybridized carbons (Fsp3) is 0.318. The van der Waals surface area contributed by atoms with E-state index in [-0.39, 0.29) is 29.7 Å². The Kier molecular flexibility index (Phi) is 7.91. The third kappa shape index (κ3) is 6.20. The number of thioether (sulfide) groups is 1. The number of hydrogen-bond donors (Lipinski definition) is 1. The molecule has 0 aromatic heterocycles. The van der Waals surface area contributed by atoms with Crippen molar-refractivity contribution in [2.75, 3.05) is 18.5 Å². The lowest BCUT2D eigenvalue weighted by molar-refractivity contribution is -0.137. The smallest absolute Gasteiger partial charge is 0.417 e. The van der Waals surface area contributed by atoms with E-state index in [1.807, 2.05) is 6.92 Å². The van der Waals surface area contributed by atoms with Gasteiger partial charge in [0.25, 0.3) is 0 Å². The minimum Gasteiger partial charge on any atom is -0.494 e. The van der Waals surface area contributed by atoms with E-state index in [1.54, 1.807) is 31.2 Å². The summed E-state index contributed by atoms with van der Waals surface area (Å²) >= 11 is 6.70. The number of carbonyl (C=O) groups excluding carboxylic acids is 2. The number of amidine groups is 1. The Morgan fingerprint density at radius 2 is 1.94 bits per heavy atom. The number of hydrogen-bond acceptors (Lipinski definition) is 5. The van der Waals surface area contributed by atoms with Crippen LogP contribution in [0.15, 0.2) is 47.5 Å². The van der Waals surface area contributed by atoms with E-state index < -0.39 is 27.9 Å². The summed E-state index contributed by atoms with van der Waals surface area (Å²) in [5.41, 5.74) is -0.514. The van der Waals surface area contributed by atoms with Crippen molar-refractivity contribution in [3.05, 3.63) is 53.1 Å². The van der Waals surface area contributed by atoms with Crippen molar-refractivity contribution in [1.82, 2.24) is 4.90 Å². The van der Waals surface area contributed by atoms with Crippen molar-refractivity contribution >= 4 is 51.7 Å². The first-order valence-corrected chi connectivity index (χ1v) is 11.3. The third-order valence-electron chi connectivity index (χ3n) is 4.66. The first-order chi connectivity index (χ1) is 15.6. The highest BCUT2D eigenvalue weighted by Gasteiger charge is 2.36. The van der Waals surface area contributed by atoms with E-state index in [0.717, 1.165) is 23.9 Å². The van der Waals surface area contributed by atoms with Crippen LogP contribution in [-0.2, 0) is 15.8 Å². The maximum atomic E-state index is 13.2. The Hall–Kier alpha value is -2.72. The van der Waals surface area contributed by atoms with Gasteiger partial charge >= 0.3 is 6.18 Å². The van der Waals surface area contributed by atoms with Gasteiger partial charge in [0.15, 0.2) is 5.17 Å². The molecule has 0 spiro atoms. The topological polar surface area (TPSA) is 71.0 Å². The Morgan fingerprint density at radius 1 is 1.24 bits per heavy atom. The van der Waals surface area contributed by atoms with Crippen LogP contribution >= 0.6 is 23.4 Å². The van der Waals surface area contributed by atoms with Crippen LogP contribution in [-0.4, -0.2) is 40.3 Å². The zero-order chi connectivity index (χ0) is 24.2. The van der Waals surface area contributed by atoms with Gasteiger partial charge in [0.2, 0.25) is 11.8 Å². The summed E-state index contributed by atoms with van der Waals surface area (Å²) in [5.74, 6) is -0.0909. The molecule has 1 aliphatic heterocycles. The molecule has 0 unspecified atom stereocenters. The van der Waals surface area contributed by atoms with Crippen LogP contribution in [0.1, 0.15) is 25.8 Å². The molecule has 1 heterocycles. The van der Waals surface area contributed by atoms with Gasteiger partial charge < -0.3 is 10.1 Å². The number of benzene rings is 2. The highest BCUT2D eigenvalue weighted by Crippen LogP contribution is 2.38. The Bertz CT molecular complexity index is 1060. The summed E-state index contributed by atoms with van der Waals surface area (Å²) in [6, 6.07) is 10.0. The maximum Gasteiger partial charge on any atom is 0.417 e. The largest absolute Gasteiger partial charge is 0.494 e. The molecule has 0 saturated carbocycles. The lowest BCUT2D eigenvalue weighted by Crippen LogP contribution is -2.45. The minimum atomic E-state index is -4.65. The summed E-state index contributed by atoms with van der Waals surface area (Å²) in [4.78, 5) is 31.0. The fourth-order valence-corrected chi connectivity index (χ4v) is 4.47. The fourth-order valence-electron chi connectivity index (χ4n) is 3.09. The second-order valence-corrected chi connectivity index (χ2v) is 8.53. The van der Waals surface area contributed by atoms with Crippen molar-refractivity contribution in [3.63, 3.8) is 0 Å². The van der Waals surface area contributed by atoms with E-state index in [1.165, 1.54) is 11.0 Å². The average molecular weight is 500 g/mol. The Balaban J connectivity index is 1.82. The van der Waals surface area contributed by atoms with Crippen molar-refractivity contribution in [2.24, 2.45) is 4.99 Å². The zero-order valence-electron chi connectivity index (χ0n) is 17.8. The average Bonchev–Trinajstić information content (AvgIpc) is 2.75. The molecule has 1 atom stereocenters. The van der Waals surface area contributed by atoms with Gasteiger partial charge in [0.05, 0.1) is 22.9 Å². The Labute approximate surface area is 198 Å². The summed E-state index contributed by atoms with van der Waals surface area (Å²) in [7, 11) is 0. The van der Waals surface area contributed by atoms with Gasteiger partial charge in [-0.05, 0) is 56.3 Å². The number of rotatable bonds is 6. The van der Waals surface area contributed by atoms with E-state index in [2.05, 4.69) is 10.3 Å². The van der Waals surface area contributed by atoms with Crippen LogP contribution in [0.5, 0.6) is 5.75 Å². The molecule has 0 radical (unpaired) electrons. The predicted octanol–water partition coefficient (Wildman–Crippen LogP) is 5.74. The normalized spacial score (nSPS) is 17.9. The number of alkyl halides is 3. The highest BCUT2D eigenvalue weighted by atomic mass is 35.5. The second-order valence-electron chi connectivity index (χ2n) is 6.95. The van der Waals surface area contributed by atoms with Crippen molar-refractivity contribution in [1.29, 1.82) is 0 Å². The van der Waals surface area contributed by atoms with Crippen LogP contribution in [0.2, 0.25) is 5.02 Å². The van der Waals surface area contributed by atoms with Crippen molar-refractivity contribution in [3.8, 4) is 5.75 Å². The molecule has 2 aromatic rings. The monoisotopic (exact) mass is 499 g/mol. The van der Waals surface area contributed by atoms with Gasteiger partial charge in [0, 0.05) is 18.7 Å². The molecule has 2 amide bonds. The van der Waals surface area contributed by atoms with Crippen LogP contribution < -0.4 is 10.1 Å². The molecule has 3 rings (SSSR count). The first-order valence-electron chi connectivity index (χ1n) is 10.1. The standard InChI is InChI=1S/C22H21ClF3N3O3S/c1-3-29-19(30)12-18(20(31)27-13-5-8-15(9-6-13)32-4-2)33-21(29)28-14-7-10-17(23)16(11-14)22(24,25)26/h5-11,18H,3-4,12H2,1-2H3,(H,27,31)/t18-/m1/s1. The molecule has 1 N–H and O–H groups in total. The molecule has 33 heavy (non-hydrogen) atoms. The van der Waals surface area contributed by atoms with Crippen molar-refractivity contribution < 1.29 is 27.5 Å². The number of ether oxygens (including phenoxy) is 1. The second kappa shape index (κ2) is 10.5. The molecule has 1 aliphatic rings. The number of carbonyl (C=O) groups is 2. The molecule has 1 saturated heterocycles. The lowest BCUT2D eigenvalue weighted by atomic mass is 10.2. The molecule has 176 valence electrons. The van der Waals surface area contributed by atoms with Gasteiger partial charge in [-0.3, -0.25) is 14.5 Å². The SMILES string of the molecule is CCOc1ccc(NC(=O)[C@H]2CC(=O)N(CC)C(=Nc3ccc(Cl)c(C(F)(F)F)c3)S2)cc1. The predicted molar refractivity (Wildman–Crippen MR) is 123 cm³/mol. The number of anilines is 1. The third-order valence-corrected chi connectivity index (χ3v) is 6.18. The summed E-state index contributed by atoms with van der Waals surface area (Å²) in [6.45, 7) is 4.36. The van der Waals surface area contributed by atoms with Crippen LogP contribution in [0.4, 0.5) is 24.5 Å². The van der Waals surface area contributed by atoms with Crippen LogP contribution in [0, 0.1) is 0 Å². The quantitative estimate of drug-likeness (QED) is 0.550. The van der Waals surface area contributed by atoms with Gasteiger partial charge in [-0.15, -0.1) is 0 Å². The van der Waals surface area contributed by atoms with Gasteiger partial charge in [-0.1, -0.05) is 23.4 Å². The van der Waals surface area contributed by atoms with Gasteiger partial charge in [-0.2, -0.15) is 13.2 Å². The molecule has 0 bridgehead atoms. The molecule has 1 fully saturated rings. The molecular formula is C22H21ClF3N3O3S. The van der Waals surface area contributed by atoms with E-state index in [0.29, 0.717) is 18.0 Å². The Morgan fingerprint density at radius 3 is 2.55 bits per heavy atom. The molecule has 2 aromatic carbocycles. The number of aliphatic imine (C=N–C) groups is 1. The number of amides is 2. The molecule has 11 heteroatoms. The van der Waals surface area contributed by atoms with Crippen LogP contribution in [0.25, 0.3) is 0 Å². The zero-order valence-corrected chi connectivity index (χ0v) is 19.4. The van der Waals surface area contributed by atoms with E-state index >= 15 is 0 Å². The number of nitrogens with zero attached hydrogens (tertiary/aromatic N) is 2. The summed E-state index contributed by atoms with van der Waals surface area (Å²) in [6.07, 6.45) is -4.71. The molecular weight excluding hydrogens is 479 g/mol. The minimum absolute atomic E-state index is 0.0203. The highest BCUT2D eigenvalue weighted by molar-refractivity contribution is 8.15. The molecule has 0 aliphatic carbocycles. The maximum absolute atomic E-state index is 13.2. The van der Waals surface area contributed by atoms with Crippen LogP contribution in [0.3, 0.4) is 0 Å². The number of nitrogens with one attached hydrogen (secondary N) is 1. The first kappa shape index (κ1) is 24.9. The summed E-state index contributed by atoms with van der Waals surface area (Å²) < 4.78 is 44.9. The number of halogens is 4. The van der Waals surface area contributed by atoms with E-state index in [4.69, 9.17) is 16.3 Å². The van der Waals surface area contributed by atoms with Gasteiger partial charge in [-0.25, -0.2) is 4.99 Å². The van der Waals surface area contributed by atoms with E-state index in [9.17, 15) is 22.8 Å². The van der Waals surface area contributed by atoms with Gasteiger partial charge in [0.1, 0.15) is 11.0 Å². The van der Waals surface area contributed by atoms with Crippen molar-refractivity contribution in [2.45, 2.75) is 31.7 Å². The lowest BCUT2D eigenvalue weighted by Gasteiger charge is -2.31. The summed E-state index contributed by atoms with van der Waals surface area (Å²) in [5, 5.41) is 1.66. The molecule has 6 nitrogen and oxygen atoms in total.